The van der Waals surface area contributed by atoms with E-state index in [1.807, 2.05) is 0 Å². The van der Waals surface area contributed by atoms with Gasteiger partial charge in [0.25, 0.3) is 0 Å². The van der Waals surface area contributed by atoms with Gasteiger partial charge in [-0.25, -0.2) is 4.98 Å². The van der Waals surface area contributed by atoms with Gasteiger partial charge in [-0.15, -0.1) is 0 Å². The van der Waals surface area contributed by atoms with Crippen molar-refractivity contribution in [3.05, 3.63) is 22.4 Å². The summed E-state index contributed by atoms with van der Waals surface area (Å²) in [4.78, 5) is 3.01. The molecule has 0 amide bonds. The zero-order chi connectivity index (χ0) is 9.35. The molecule has 0 bridgehead atoms. The number of alkyl halides is 3. The molecule has 66 valence electrons. The maximum Gasteiger partial charge on any atom is 0.433 e. The Bertz CT molecular complexity index is 299. The van der Waals surface area contributed by atoms with Crippen LogP contribution in [0.3, 0.4) is 0 Å². The van der Waals surface area contributed by atoms with E-state index in [-0.39, 0.29) is 10.2 Å². The first-order chi connectivity index (χ1) is 5.41. The van der Waals surface area contributed by atoms with Gasteiger partial charge in [-0.2, -0.15) is 13.2 Å². The Labute approximate surface area is 74.2 Å². The minimum atomic E-state index is -4.48. The third-order valence-electron chi connectivity index (χ3n) is 1.12. The van der Waals surface area contributed by atoms with Crippen LogP contribution in [0.25, 0.3) is 0 Å². The lowest BCUT2D eigenvalue weighted by Crippen LogP contribution is -2.07. The fourth-order valence-corrected chi connectivity index (χ4v) is 0.898. The van der Waals surface area contributed by atoms with Gasteiger partial charge < -0.3 is 5.11 Å². The molecule has 0 aromatic carbocycles. The highest BCUT2D eigenvalue weighted by atomic mass is 79.9. The first-order valence-electron chi connectivity index (χ1n) is 2.83. The van der Waals surface area contributed by atoms with Gasteiger partial charge in [0.1, 0.15) is 11.4 Å². The van der Waals surface area contributed by atoms with Crippen molar-refractivity contribution >= 4 is 15.9 Å². The second kappa shape index (κ2) is 2.93. The van der Waals surface area contributed by atoms with Crippen LogP contribution in [0.2, 0.25) is 0 Å². The van der Waals surface area contributed by atoms with Gasteiger partial charge >= 0.3 is 6.18 Å². The molecule has 0 aliphatic rings. The summed E-state index contributed by atoms with van der Waals surface area (Å²) in [7, 11) is 0. The minimum absolute atomic E-state index is 0.0233. The normalized spacial score (nSPS) is 11.7. The van der Waals surface area contributed by atoms with Crippen LogP contribution in [0.1, 0.15) is 5.69 Å². The van der Waals surface area contributed by atoms with Crippen molar-refractivity contribution in [1.82, 2.24) is 4.98 Å². The van der Waals surface area contributed by atoms with Crippen LogP contribution in [0.15, 0.2) is 16.7 Å². The Hall–Kier alpha value is -0.780. The second-order valence-corrected chi connectivity index (χ2v) is 2.87. The molecule has 12 heavy (non-hydrogen) atoms. The molecule has 0 aliphatic heterocycles. The van der Waals surface area contributed by atoms with Crippen LogP contribution in [-0.4, -0.2) is 10.1 Å². The van der Waals surface area contributed by atoms with Crippen molar-refractivity contribution in [3.8, 4) is 5.75 Å². The Morgan fingerprint density at radius 3 is 2.42 bits per heavy atom. The lowest BCUT2D eigenvalue weighted by molar-refractivity contribution is -0.141. The molecule has 1 rings (SSSR count). The van der Waals surface area contributed by atoms with E-state index >= 15 is 0 Å². The Morgan fingerprint density at radius 2 is 2.00 bits per heavy atom. The standard InChI is InChI=1S/C6H3BrF3NO/c7-3-1-5(6(8,9)10)11-2-4(3)12/h1-2,12H. The fraction of sp³-hybridized carbons (Fsp3) is 0.167. The molecule has 0 unspecified atom stereocenters. The van der Waals surface area contributed by atoms with Crippen LogP contribution in [0.5, 0.6) is 5.75 Å². The van der Waals surface area contributed by atoms with E-state index in [9.17, 15) is 13.2 Å². The second-order valence-electron chi connectivity index (χ2n) is 2.02. The number of nitrogens with zero attached hydrogens (tertiary/aromatic N) is 1. The summed E-state index contributed by atoms with van der Waals surface area (Å²) in [5, 5.41) is 8.83. The van der Waals surface area contributed by atoms with Gasteiger partial charge in [0, 0.05) is 0 Å². The summed E-state index contributed by atoms with van der Waals surface area (Å²) in [6.07, 6.45) is -3.73. The Morgan fingerprint density at radius 1 is 1.42 bits per heavy atom. The largest absolute Gasteiger partial charge is 0.505 e. The predicted octanol–water partition coefficient (Wildman–Crippen LogP) is 2.57. The molecular weight excluding hydrogens is 239 g/mol. The Balaban J connectivity index is 3.14. The van der Waals surface area contributed by atoms with Crippen molar-refractivity contribution in [2.75, 3.05) is 0 Å². The summed E-state index contributed by atoms with van der Waals surface area (Å²) >= 11 is 2.75. The van der Waals surface area contributed by atoms with Crippen LogP contribution in [-0.2, 0) is 6.18 Å². The lowest BCUT2D eigenvalue weighted by Gasteiger charge is -2.05. The number of aromatic hydroxyl groups is 1. The molecule has 0 saturated heterocycles. The van der Waals surface area contributed by atoms with E-state index in [1.54, 1.807) is 0 Å². The minimum Gasteiger partial charge on any atom is -0.505 e. The van der Waals surface area contributed by atoms with Gasteiger partial charge in [0.2, 0.25) is 0 Å². The zero-order valence-corrected chi connectivity index (χ0v) is 7.15. The van der Waals surface area contributed by atoms with E-state index in [0.717, 1.165) is 12.3 Å². The molecule has 0 atom stereocenters. The van der Waals surface area contributed by atoms with Gasteiger partial charge in [0.05, 0.1) is 10.7 Å². The molecule has 2 nitrogen and oxygen atoms in total. The number of rotatable bonds is 0. The monoisotopic (exact) mass is 241 g/mol. The van der Waals surface area contributed by atoms with E-state index < -0.39 is 11.9 Å². The highest BCUT2D eigenvalue weighted by molar-refractivity contribution is 9.10. The van der Waals surface area contributed by atoms with Gasteiger partial charge in [-0.1, -0.05) is 0 Å². The smallest absolute Gasteiger partial charge is 0.433 e. The van der Waals surface area contributed by atoms with Crippen molar-refractivity contribution in [1.29, 1.82) is 0 Å². The van der Waals surface area contributed by atoms with E-state index in [0.29, 0.717) is 0 Å². The van der Waals surface area contributed by atoms with Gasteiger partial charge in [-0.3, -0.25) is 0 Å². The number of pyridine rings is 1. The molecule has 0 saturated carbocycles. The van der Waals surface area contributed by atoms with Crippen LogP contribution >= 0.6 is 15.9 Å². The zero-order valence-electron chi connectivity index (χ0n) is 5.56. The molecule has 0 radical (unpaired) electrons. The molecule has 0 fully saturated rings. The quantitative estimate of drug-likeness (QED) is 0.758. The highest BCUT2D eigenvalue weighted by Gasteiger charge is 2.32. The third kappa shape index (κ3) is 1.88. The first kappa shape index (κ1) is 9.31. The van der Waals surface area contributed by atoms with E-state index in [4.69, 9.17) is 5.11 Å². The maximum absolute atomic E-state index is 11.9. The van der Waals surface area contributed by atoms with Crippen LogP contribution in [0.4, 0.5) is 13.2 Å². The average Bonchev–Trinajstić information content (AvgIpc) is 1.92. The molecular formula is C6H3BrF3NO. The molecule has 0 spiro atoms. The van der Waals surface area contributed by atoms with Crippen LogP contribution < -0.4 is 0 Å². The number of hydrogen-bond acceptors (Lipinski definition) is 2. The van der Waals surface area contributed by atoms with Gasteiger partial charge in [0.15, 0.2) is 0 Å². The molecule has 6 heteroatoms. The average molecular weight is 242 g/mol. The maximum atomic E-state index is 11.9. The first-order valence-corrected chi connectivity index (χ1v) is 3.62. The van der Waals surface area contributed by atoms with E-state index in [2.05, 4.69) is 20.9 Å². The summed E-state index contributed by atoms with van der Waals surface area (Å²) < 4.78 is 35.8. The molecule has 1 aromatic heterocycles. The number of halogens is 4. The molecule has 0 aliphatic carbocycles. The molecule has 1 aromatic rings. The van der Waals surface area contributed by atoms with Crippen molar-refractivity contribution in [2.24, 2.45) is 0 Å². The van der Waals surface area contributed by atoms with Gasteiger partial charge in [-0.05, 0) is 22.0 Å². The molecule has 1 N–H and O–H groups in total. The molecule has 1 heterocycles. The highest BCUT2D eigenvalue weighted by Crippen LogP contribution is 2.32. The summed E-state index contributed by atoms with van der Waals surface area (Å²) in [5.41, 5.74) is -1.04. The van der Waals surface area contributed by atoms with Crippen molar-refractivity contribution in [2.45, 2.75) is 6.18 Å². The third-order valence-corrected chi connectivity index (χ3v) is 1.76. The number of aromatic nitrogens is 1. The van der Waals surface area contributed by atoms with Crippen molar-refractivity contribution < 1.29 is 18.3 Å². The summed E-state index contributed by atoms with van der Waals surface area (Å²) in [6, 6.07) is 0.718. The summed E-state index contributed by atoms with van der Waals surface area (Å²) in [5.74, 6) is -0.317. The van der Waals surface area contributed by atoms with Crippen molar-refractivity contribution in [3.63, 3.8) is 0 Å². The predicted molar refractivity (Wildman–Crippen MR) is 38.6 cm³/mol. The SMILES string of the molecule is Oc1cnc(C(F)(F)F)cc1Br. The topological polar surface area (TPSA) is 33.1 Å². The summed E-state index contributed by atoms with van der Waals surface area (Å²) in [6.45, 7) is 0. The Kier molecular flexibility index (Phi) is 2.27. The fourth-order valence-electron chi connectivity index (χ4n) is 0.579. The van der Waals surface area contributed by atoms with Crippen LogP contribution in [0, 0.1) is 0 Å². The number of hydrogen-bond donors (Lipinski definition) is 1. The lowest BCUT2D eigenvalue weighted by atomic mass is 10.3. The van der Waals surface area contributed by atoms with E-state index in [1.165, 1.54) is 0 Å².